The molecule has 0 aromatic rings. The molecule has 3 heteroatoms. The van der Waals surface area contributed by atoms with E-state index >= 15 is 0 Å². The van der Waals surface area contributed by atoms with Crippen molar-refractivity contribution in [3.8, 4) is 0 Å². The molecule has 3 nitrogen and oxygen atoms in total. The van der Waals surface area contributed by atoms with Crippen molar-refractivity contribution in [1.29, 1.82) is 0 Å². The molecule has 1 aliphatic rings. The summed E-state index contributed by atoms with van der Waals surface area (Å²) in [5.74, 6) is 0. The van der Waals surface area contributed by atoms with Crippen LogP contribution in [0.1, 0.15) is 19.8 Å². The van der Waals surface area contributed by atoms with Gasteiger partial charge in [0, 0.05) is 6.61 Å². The van der Waals surface area contributed by atoms with Crippen molar-refractivity contribution >= 4 is 0 Å². The van der Waals surface area contributed by atoms with Crippen LogP contribution in [0.15, 0.2) is 0 Å². The smallest absolute Gasteiger partial charge is 0.0701 e. The molecule has 1 N–H and O–H groups in total. The first-order valence-corrected chi connectivity index (χ1v) is 4.18. The lowest BCUT2D eigenvalue weighted by Gasteiger charge is -1.97. The highest BCUT2D eigenvalue weighted by molar-refractivity contribution is 4.36. The van der Waals surface area contributed by atoms with E-state index in [2.05, 4.69) is 11.7 Å². The molecular weight excluding hydrogens is 144 g/mol. The third-order valence-electron chi connectivity index (χ3n) is 1.08. The van der Waals surface area contributed by atoms with Crippen LogP contribution >= 0.6 is 0 Å². The van der Waals surface area contributed by atoms with Crippen molar-refractivity contribution in [1.82, 2.24) is 0 Å². The summed E-state index contributed by atoms with van der Waals surface area (Å²) in [6, 6.07) is 0. The number of hydrogen-bond donors (Lipinski definition) is 1. The second-order valence-corrected chi connectivity index (χ2v) is 2.30. The van der Waals surface area contributed by atoms with E-state index in [0.717, 1.165) is 32.7 Å². The molecule has 0 spiro atoms. The van der Waals surface area contributed by atoms with Crippen LogP contribution < -0.4 is 0 Å². The second-order valence-electron chi connectivity index (χ2n) is 2.30. The molecular formula is C8H18O3. The Balaban J connectivity index is 0.000000271. The number of aliphatic hydroxyl groups is 1. The summed E-state index contributed by atoms with van der Waals surface area (Å²) in [5, 5.41) is 8.24. The quantitative estimate of drug-likeness (QED) is 0.480. The van der Waals surface area contributed by atoms with E-state index in [1.807, 2.05) is 0 Å². The summed E-state index contributed by atoms with van der Waals surface area (Å²) in [4.78, 5) is 0. The molecule has 0 aromatic carbocycles. The minimum atomic E-state index is 0.143. The zero-order valence-electron chi connectivity index (χ0n) is 7.21. The van der Waals surface area contributed by atoms with Crippen molar-refractivity contribution in [2.75, 3.05) is 33.0 Å². The Morgan fingerprint density at radius 3 is 2.36 bits per heavy atom. The maximum atomic E-state index is 8.24. The van der Waals surface area contributed by atoms with Gasteiger partial charge in [0.25, 0.3) is 0 Å². The summed E-state index contributed by atoms with van der Waals surface area (Å²) in [6.07, 6.45) is 2.26. The molecule has 68 valence electrons. The van der Waals surface area contributed by atoms with E-state index in [1.165, 1.54) is 0 Å². The Hall–Kier alpha value is -0.120. The van der Waals surface area contributed by atoms with Crippen molar-refractivity contribution in [3.05, 3.63) is 0 Å². The van der Waals surface area contributed by atoms with Crippen LogP contribution in [0, 0.1) is 0 Å². The zero-order valence-corrected chi connectivity index (χ0v) is 7.21. The molecule has 0 bridgehead atoms. The Morgan fingerprint density at radius 1 is 1.36 bits per heavy atom. The lowest BCUT2D eigenvalue weighted by atomic mass is 10.4. The van der Waals surface area contributed by atoms with Gasteiger partial charge in [0.1, 0.15) is 0 Å². The largest absolute Gasteiger partial charge is 0.394 e. The Bertz CT molecular complexity index is 55.6. The van der Waals surface area contributed by atoms with Crippen molar-refractivity contribution in [2.45, 2.75) is 19.8 Å². The van der Waals surface area contributed by atoms with Crippen molar-refractivity contribution in [2.24, 2.45) is 0 Å². The second kappa shape index (κ2) is 9.88. The molecule has 0 atom stereocenters. The topological polar surface area (TPSA) is 42.0 Å². The van der Waals surface area contributed by atoms with Gasteiger partial charge in [-0.1, -0.05) is 13.3 Å². The maximum Gasteiger partial charge on any atom is 0.0701 e. The Labute approximate surface area is 68.3 Å². The van der Waals surface area contributed by atoms with Crippen LogP contribution in [-0.2, 0) is 9.47 Å². The van der Waals surface area contributed by atoms with Crippen LogP contribution in [0.2, 0.25) is 0 Å². The van der Waals surface area contributed by atoms with Gasteiger partial charge in [0.15, 0.2) is 0 Å². The maximum absolute atomic E-state index is 8.24. The predicted molar refractivity (Wildman–Crippen MR) is 43.6 cm³/mol. The Morgan fingerprint density at radius 2 is 2.00 bits per heavy atom. The monoisotopic (exact) mass is 162 g/mol. The average molecular weight is 162 g/mol. The molecule has 1 aliphatic heterocycles. The third kappa shape index (κ3) is 17.7. The molecule has 0 unspecified atom stereocenters. The third-order valence-corrected chi connectivity index (χ3v) is 1.08. The van der Waals surface area contributed by atoms with E-state index < -0.39 is 0 Å². The number of hydrogen-bond acceptors (Lipinski definition) is 3. The minimum absolute atomic E-state index is 0.143. The molecule has 0 aliphatic carbocycles. The summed E-state index contributed by atoms with van der Waals surface area (Å²) in [5.41, 5.74) is 0. The lowest BCUT2D eigenvalue weighted by Crippen LogP contribution is -1.99. The predicted octanol–water partition coefficient (Wildman–Crippen LogP) is 0.812. The van der Waals surface area contributed by atoms with Crippen LogP contribution in [0.3, 0.4) is 0 Å². The van der Waals surface area contributed by atoms with E-state index in [4.69, 9.17) is 9.84 Å². The highest BCUT2D eigenvalue weighted by atomic mass is 16.6. The van der Waals surface area contributed by atoms with Gasteiger partial charge in [-0.25, -0.2) is 0 Å². The molecule has 0 amide bonds. The summed E-state index contributed by atoms with van der Waals surface area (Å²) >= 11 is 0. The van der Waals surface area contributed by atoms with Crippen molar-refractivity contribution in [3.63, 3.8) is 0 Å². The van der Waals surface area contributed by atoms with Gasteiger partial charge in [-0.2, -0.15) is 0 Å². The number of rotatable bonds is 5. The summed E-state index contributed by atoms with van der Waals surface area (Å²) in [7, 11) is 0. The first-order valence-electron chi connectivity index (χ1n) is 4.18. The highest BCUT2D eigenvalue weighted by Crippen LogP contribution is 1.86. The average Bonchev–Trinajstić information content (AvgIpc) is 2.84. The molecule has 1 saturated heterocycles. The number of aliphatic hydroxyl groups excluding tert-OH is 1. The molecule has 0 radical (unpaired) electrons. The van der Waals surface area contributed by atoms with Gasteiger partial charge in [-0.15, -0.1) is 0 Å². The number of unbranched alkanes of at least 4 members (excludes halogenated alkanes) is 1. The van der Waals surface area contributed by atoms with Gasteiger partial charge < -0.3 is 14.6 Å². The van der Waals surface area contributed by atoms with Gasteiger partial charge in [0.2, 0.25) is 0 Å². The van der Waals surface area contributed by atoms with E-state index in [0.29, 0.717) is 6.61 Å². The van der Waals surface area contributed by atoms with Crippen LogP contribution in [-0.4, -0.2) is 38.1 Å². The van der Waals surface area contributed by atoms with Crippen LogP contribution in [0.5, 0.6) is 0 Å². The molecule has 1 fully saturated rings. The first-order chi connectivity index (χ1) is 5.41. The van der Waals surface area contributed by atoms with Crippen molar-refractivity contribution < 1.29 is 14.6 Å². The number of ether oxygens (including phenoxy) is 2. The zero-order chi connectivity index (χ0) is 8.36. The highest BCUT2D eigenvalue weighted by Gasteiger charge is 1.94. The summed E-state index contributed by atoms with van der Waals surface area (Å²) in [6.45, 7) is 5.53. The Kier molecular flexibility index (Phi) is 9.77. The fraction of sp³-hybridized carbons (Fsp3) is 1.00. The summed E-state index contributed by atoms with van der Waals surface area (Å²) < 4.78 is 9.47. The van der Waals surface area contributed by atoms with Gasteiger partial charge in [-0.05, 0) is 6.42 Å². The van der Waals surface area contributed by atoms with E-state index in [1.54, 1.807) is 0 Å². The standard InChI is InChI=1S/C6H14O2.C2H4O/c1-2-3-5-8-6-4-7;1-2-3-1/h7H,2-6H2,1H3;1-2H2. The molecule has 11 heavy (non-hydrogen) atoms. The van der Waals surface area contributed by atoms with Gasteiger partial charge in [-0.3, -0.25) is 0 Å². The lowest BCUT2D eigenvalue weighted by molar-refractivity contribution is 0.0904. The van der Waals surface area contributed by atoms with Gasteiger partial charge >= 0.3 is 0 Å². The number of epoxide rings is 1. The van der Waals surface area contributed by atoms with Crippen LogP contribution in [0.4, 0.5) is 0 Å². The molecule has 1 heterocycles. The fourth-order valence-electron chi connectivity index (χ4n) is 0.413. The van der Waals surface area contributed by atoms with E-state index in [9.17, 15) is 0 Å². The SMILES string of the molecule is C1CO1.CCCCOCCO. The van der Waals surface area contributed by atoms with E-state index in [-0.39, 0.29) is 6.61 Å². The molecule has 1 rings (SSSR count). The fourth-order valence-corrected chi connectivity index (χ4v) is 0.413. The van der Waals surface area contributed by atoms with Crippen LogP contribution in [0.25, 0.3) is 0 Å². The normalized spacial score (nSPS) is 13.6. The minimum Gasteiger partial charge on any atom is -0.394 e. The first kappa shape index (κ1) is 10.9. The molecule has 0 saturated carbocycles. The molecule has 0 aromatic heterocycles. The van der Waals surface area contributed by atoms with Gasteiger partial charge in [0.05, 0.1) is 26.4 Å².